The first kappa shape index (κ1) is 36.4. The number of fused-ring (bicyclic) bond motifs is 5. The van der Waals surface area contributed by atoms with Crippen LogP contribution in [0.1, 0.15) is 67.4 Å². The first-order valence-electron chi connectivity index (χ1n) is 18.6. The highest BCUT2D eigenvalue weighted by molar-refractivity contribution is 7.90. The Morgan fingerprint density at radius 1 is 1.06 bits per heavy atom. The molecule has 8 rings (SSSR count). The number of morpholine rings is 1. The van der Waals surface area contributed by atoms with Crippen molar-refractivity contribution < 1.29 is 27.5 Å². The molecular formula is C39H51ClN4O6S. The lowest BCUT2D eigenvalue weighted by Gasteiger charge is -2.44. The van der Waals surface area contributed by atoms with E-state index in [2.05, 4.69) is 32.0 Å². The molecule has 10 nitrogen and oxygen atoms in total. The average molecular weight is 739 g/mol. The van der Waals surface area contributed by atoms with Gasteiger partial charge in [0.05, 0.1) is 30.8 Å². The van der Waals surface area contributed by atoms with Gasteiger partial charge in [-0.15, -0.1) is 0 Å². The molecule has 0 aromatic heterocycles. The molecule has 2 aromatic carbocycles. The molecular weight excluding hydrogens is 688 g/mol. The first-order valence-corrected chi connectivity index (χ1v) is 20.5. The van der Waals surface area contributed by atoms with E-state index in [1.807, 2.05) is 13.0 Å². The SMILES string of the molecule is C1CN2CCOC[C@@H]2CN1.C[C@@H]1[C@@H](C)C/C=C/C(=O)[C@@H]2CC[C@H]2CN2C[C@@]3(CCCc4cc(Cl)ccc43)COc3ccc(cc32)C(=O)NS1(=O)=O. The standard InChI is InChI=1S/C32H37ClN2O5S.C7H14N2O/c1-20-5-3-7-29(36)26-11-8-24(26)17-35-18-32(14-4-6-22-15-25(33)10-12-27(22)32)19-40-30-13-9-23(16-28(30)35)31(37)34-41(38,39)21(20)2;1-2-9-3-4-10-6-7(9)5-8-1/h3,7,9-10,12-13,15-16,20-21,24,26H,4-6,8,11,14,17-19H2,1-2H3,(H,34,37);7-8H,1-6H2/b7-3+;/t20-,21+,24-,26+,32-;7-/m00/s1. The molecule has 4 heterocycles. The number of ketones is 1. The van der Waals surface area contributed by atoms with Gasteiger partial charge in [-0.05, 0) is 105 Å². The number of benzene rings is 2. The second-order valence-corrected chi connectivity index (χ2v) is 17.9. The summed E-state index contributed by atoms with van der Waals surface area (Å²) in [4.78, 5) is 31.3. The molecule has 6 aliphatic rings. The third-order valence-electron chi connectivity index (χ3n) is 12.2. The molecule has 1 spiro atoms. The zero-order valence-corrected chi connectivity index (χ0v) is 31.3. The van der Waals surface area contributed by atoms with E-state index >= 15 is 0 Å². The molecule has 2 N–H and O–H groups in total. The Balaban J connectivity index is 0.000000347. The number of anilines is 1. The van der Waals surface area contributed by atoms with Gasteiger partial charge in [0, 0.05) is 67.2 Å². The number of rotatable bonds is 0. The molecule has 2 saturated heterocycles. The van der Waals surface area contributed by atoms with Crippen LogP contribution in [0.3, 0.4) is 0 Å². The molecule has 3 fully saturated rings. The van der Waals surface area contributed by atoms with E-state index in [1.54, 1.807) is 37.3 Å². The van der Waals surface area contributed by atoms with E-state index in [9.17, 15) is 18.0 Å². The zero-order valence-electron chi connectivity index (χ0n) is 29.7. The van der Waals surface area contributed by atoms with E-state index in [4.69, 9.17) is 21.1 Å². The van der Waals surface area contributed by atoms with Gasteiger partial charge in [-0.25, -0.2) is 13.1 Å². The van der Waals surface area contributed by atoms with E-state index in [-0.39, 0.29) is 34.5 Å². The monoisotopic (exact) mass is 738 g/mol. The van der Waals surface area contributed by atoms with Crippen molar-refractivity contribution in [3.05, 3.63) is 70.3 Å². The Bertz CT molecular complexity index is 1740. The maximum Gasteiger partial charge on any atom is 0.264 e. The molecule has 4 aliphatic heterocycles. The van der Waals surface area contributed by atoms with E-state index < -0.39 is 21.2 Å². The van der Waals surface area contributed by atoms with Crippen LogP contribution in [-0.2, 0) is 31.4 Å². The Hall–Kier alpha value is -2.96. The number of carbonyl (C=O) groups excluding carboxylic acids is 2. The minimum Gasteiger partial charge on any atom is -0.490 e. The number of amides is 1. The van der Waals surface area contributed by atoms with Crippen LogP contribution < -0.4 is 19.7 Å². The van der Waals surface area contributed by atoms with E-state index in [0.29, 0.717) is 37.9 Å². The van der Waals surface area contributed by atoms with Crippen molar-refractivity contribution in [2.75, 3.05) is 64.0 Å². The molecule has 2 aliphatic carbocycles. The van der Waals surface area contributed by atoms with Gasteiger partial charge in [-0.3, -0.25) is 14.5 Å². The number of halogens is 1. The van der Waals surface area contributed by atoms with Crippen molar-refractivity contribution in [1.29, 1.82) is 0 Å². The molecule has 6 atom stereocenters. The summed E-state index contributed by atoms with van der Waals surface area (Å²) >= 11 is 6.37. The number of nitrogens with one attached hydrogen (secondary N) is 2. The molecule has 0 unspecified atom stereocenters. The van der Waals surface area contributed by atoms with Gasteiger partial charge >= 0.3 is 0 Å². The molecule has 12 heteroatoms. The maximum atomic E-state index is 13.3. The zero-order chi connectivity index (χ0) is 35.8. The maximum absolute atomic E-state index is 13.3. The van der Waals surface area contributed by atoms with Gasteiger partial charge in [-0.1, -0.05) is 30.7 Å². The summed E-state index contributed by atoms with van der Waals surface area (Å²) in [7, 11) is -3.93. The number of aryl methyl sites for hydroxylation is 1. The fraction of sp³-hybridized carbons (Fsp3) is 0.590. The number of nitrogens with zero attached hydrogens (tertiary/aromatic N) is 2. The Morgan fingerprint density at radius 3 is 2.73 bits per heavy atom. The van der Waals surface area contributed by atoms with Gasteiger partial charge in [0.15, 0.2) is 5.78 Å². The highest BCUT2D eigenvalue weighted by Crippen LogP contribution is 2.46. The smallest absolute Gasteiger partial charge is 0.264 e. The number of carbonyl (C=O) groups is 2. The van der Waals surface area contributed by atoms with Crippen LogP contribution in [0, 0.1) is 17.8 Å². The predicted octanol–water partition coefficient (Wildman–Crippen LogP) is 4.74. The summed E-state index contributed by atoms with van der Waals surface area (Å²) in [6.45, 7) is 11.7. The van der Waals surface area contributed by atoms with Crippen molar-refractivity contribution in [2.24, 2.45) is 17.8 Å². The van der Waals surface area contributed by atoms with Gasteiger partial charge in [0.2, 0.25) is 10.0 Å². The quantitative estimate of drug-likeness (QED) is 0.396. The Labute approximate surface area is 307 Å². The van der Waals surface area contributed by atoms with Crippen molar-refractivity contribution in [3.63, 3.8) is 0 Å². The van der Waals surface area contributed by atoms with Crippen molar-refractivity contribution in [2.45, 2.75) is 69.1 Å². The van der Waals surface area contributed by atoms with Crippen molar-refractivity contribution >= 4 is 39.0 Å². The van der Waals surface area contributed by atoms with Crippen LogP contribution in [-0.4, -0.2) is 95.4 Å². The number of sulfonamides is 1. The molecule has 1 amide bonds. The molecule has 2 bridgehead atoms. The molecule has 2 aromatic rings. The van der Waals surface area contributed by atoms with Gasteiger partial charge in [0.1, 0.15) is 5.75 Å². The number of hydrogen-bond donors (Lipinski definition) is 2. The molecule has 1 saturated carbocycles. The number of piperazine rings is 1. The molecule has 51 heavy (non-hydrogen) atoms. The topological polar surface area (TPSA) is 117 Å². The van der Waals surface area contributed by atoms with Crippen LogP contribution in [0.15, 0.2) is 48.6 Å². The molecule has 276 valence electrons. The third-order valence-corrected chi connectivity index (χ3v) is 14.3. The predicted molar refractivity (Wildman–Crippen MR) is 199 cm³/mol. The second kappa shape index (κ2) is 15.2. The molecule has 0 radical (unpaired) electrons. The van der Waals surface area contributed by atoms with Gasteiger partial charge < -0.3 is 19.7 Å². The lowest BCUT2D eigenvalue weighted by molar-refractivity contribution is -0.122. The van der Waals surface area contributed by atoms with E-state index in [0.717, 1.165) is 75.7 Å². The van der Waals surface area contributed by atoms with Crippen LogP contribution in [0.5, 0.6) is 5.75 Å². The number of hydrogen-bond acceptors (Lipinski definition) is 9. The van der Waals surface area contributed by atoms with Gasteiger partial charge in [0.25, 0.3) is 5.91 Å². The summed E-state index contributed by atoms with van der Waals surface area (Å²) in [5, 5.41) is 3.28. The van der Waals surface area contributed by atoms with E-state index in [1.165, 1.54) is 17.7 Å². The lowest BCUT2D eigenvalue weighted by Crippen LogP contribution is -2.56. The largest absolute Gasteiger partial charge is 0.490 e. The summed E-state index contributed by atoms with van der Waals surface area (Å²) in [6, 6.07) is 11.9. The Morgan fingerprint density at radius 2 is 1.92 bits per heavy atom. The summed E-state index contributed by atoms with van der Waals surface area (Å²) in [5.74, 6) is -0.0319. The summed E-state index contributed by atoms with van der Waals surface area (Å²) in [5.41, 5.74) is 3.22. The minimum absolute atomic E-state index is 0.0666. The van der Waals surface area contributed by atoms with Crippen LogP contribution in [0.4, 0.5) is 5.69 Å². The van der Waals surface area contributed by atoms with Crippen LogP contribution in [0.25, 0.3) is 0 Å². The average Bonchev–Trinajstić information content (AvgIpc) is 3.26. The van der Waals surface area contributed by atoms with Crippen LogP contribution in [0.2, 0.25) is 5.02 Å². The van der Waals surface area contributed by atoms with Crippen LogP contribution >= 0.6 is 11.6 Å². The fourth-order valence-electron chi connectivity index (χ4n) is 8.66. The lowest BCUT2D eigenvalue weighted by atomic mass is 9.68. The number of ether oxygens (including phenoxy) is 2. The number of allylic oxidation sites excluding steroid dienone is 2. The third kappa shape index (κ3) is 7.74. The van der Waals surface area contributed by atoms with Gasteiger partial charge in [-0.2, -0.15) is 0 Å². The first-order chi connectivity index (χ1) is 24.5. The highest BCUT2D eigenvalue weighted by Gasteiger charge is 2.44. The van der Waals surface area contributed by atoms with Crippen molar-refractivity contribution in [1.82, 2.24) is 14.9 Å². The second-order valence-electron chi connectivity index (χ2n) is 15.4. The highest BCUT2D eigenvalue weighted by atomic mass is 35.5. The fourth-order valence-corrected chi connectivity index (χ4v) is 10.1. The Kier molecular flexibility index (Phi) is 10.8. The summed E-state index contributed by atoms with van der Waals surface area (Å²) < 4.78 is 40.4. The summed E-state index contributed by atoms with van der Waals surface area (Å²) in [6.07, 6.45) is 8.60. The normalized spacial score (nSPS) is 32.7. The minimum atomic E-state index is -3.93. The van der Waals surface area contributed by atoms with Crippen molar-refractivity contribution in [3.8, 4) is 5.75 Å².